The quantitative estimate of drug-likeness (QED) is 0.327. The summed E-state index contributed by atoms with van der Waals surface area (Å²) in [5.41, 5.74) is 4.79. The largest absolute Gasteiger partial charge is 0.452 e. The summed E-state index contributed by atoms with van der Waals surface area (Å²) in [5.74, 6) is -1.13. The van der Waals surface area contributed by atoms with Crippen LogP contribution in [0, 0.1) is 13.8 Å². The van der Waals surface area contributed by atoms with E-state index in [9.17, 15) is 9.59 Å². The second kappa shape index (κ2) is 9.61. The van der Waals surface area contributed by atoms with Crippen molar-refractivity contribution in [2.24, 2.45) is 0 Å². The van der Waals surface area contributed by atoms with Gasteiger partial charge in [0, 0.05) is 10.9 Å². The third kappa shape index (κ3) is 4.85. The number of nitrogens with zero attached hydrogens (tertiary/aromatic N) is 1. The Labute approximate surface area is 201 Å². The second-order valence-electron chi connectivity index (χ2n) is 7.57. The van der Waals surface area contributed by atoms with Gasteiger partial charge in [0.15, 0.2) is 6.61 Å². The summed E-state index contributed by atoms with van der Waals surface area (Å²) < 4.78 is 5.38. The zero-order valence-electron chi connectivity index (χ0n) is 18.0. The molecule has 0 aliphatic rings. The summed E-state index contributed by atoms with van der Waals surface area (Å²) >= 11 is 12.1. The summed E-state index contributed by atoms with van der Waals surface area (Å²) in [7, 11) is 0. The van der Waals surface area contributed by atoms with Crippen LogP contribution in [-0.2, 0) is 9.53 Å². The Bertz CT molecular complexity index is 1370. The third-order valence-electron chi connectivity index (χ3n) is 5.23. The van der Waals surface area contributed by atoms with Gasteiger partial charge in [-0.1, -0.05) is 77.3 Å². The van der Waals surface area contributed by atoms with Crippen LogP contribution in [0.2, 0.25) is 10.0 Å². The molecule has 1 aromatic heterocycles. The van der Waals surface area contributed by atoms with Gasteiger partial charge in [0.2, 0.25) is 0 Å². The van der Waals surface area contributed by atoms with Gasteiger partial charge in [-0.2, -0.15) is 0 Å². The monoisotopic (exact) mass is 478 g/mol. The first-order chi connectivity index (χ1) is 15.8. The number of carbonyl (C=O) groups excluding carboxylic acids is 2. The number of ether oxygens (including phenoxy) is 1. The van der Waals surface area contributed by atoms with Gasteiger partial charge in [-0.25, -0.2) is 9.78 Å². The van der Waals surface area contributed by atoms with E-state index in [1.807, 2.05) is 62.4 Å². The lowest BCUT2D eigenvalue weighted by atomic mass is 9.97. The second-order valence-corrected chi connectivity index (χ2v) is 8.35. The molecule has 0 fully saturated rings. The van der Waals surface area contributed by atoms with Crippen molar-refractivity contribution < 1.29 is 14.3 Å². The number of nitrogens with one attached hydrogen (secondary N) is 1. The van der Waals surface area contributed by atoms with E-state index < -0.39 is 18.5 Å². The van der Waals surface area contributed by atoms with Crippen LogP contribution in [0.25, 0.3) is 22.2 Å². The zero-order valence-corrected chi connectivity index (χ0v) is 19.5. The molecule has 0 radical (unpaired) electrons. The number of anilines is 1. The molecule has 0 bridgehead atoms. The van der Waals surface area contributed by atoms with Crippen LogP contribution in [0.5, 0.6) is 0 Å². The molecule has 1 amide bonds. The lowest BCUT2D eigenvalue weighted by Gasteiger charge is -2.14. The van der Waals surface area contributed by atoms with Gasteiger partial charge in [0.25, 0.3) is 5.91 Å². The van der Waals surface area contributed by atoms with Crippen LogP contribution in [0.3, 0.4) is 0 Å². The number of hydrogen-bond acceptors (Lipinski definition) is 4. The predicted octanol–water partition coefficient (Wildman–Crippen LogP) is 6.62. The van der Waals surface area contributed by atoms with Crippen molar-refractivity contribution in [3.8, 4) is 11.3 Å². The number of rotatable bonds is 5. The van der Waals surface area contributed by atoms with Crippen LogP contribution in [0.1, 0.15) is 21.5 Å². The Kier molecular flexibility index (Phi) is 6.63. The maximum atomic E-state index is 13.1. The van der Waals surface area contributed by atoms with Crippen molar-refractivity contribution in [3.63, 3.8) is 0 Å². The maximum Gasteiger partial charge on any atom is 0.339 e. The summed E-state index contributed by atoms with van der Waals surface area (Å²) in [6.07, 6.45) is 0. The van der Waals surface area contributed by atoms with E-state index >= 15 is 0 Å². The molecule has 0 saturated carbocycles. The summed E-state index contributed by atoms with van der Waals surface area (Å²) in [6.45, 7) is 3.36. The molecule has 0 saturated heterocycles. The van der Waals surface area contributed by atoms with E-state index in [4.69, 9.17) is 32.9 Å². The van der Waals surface area contributed by atoms with E-state index in [2.05, 4.69) is 5.32 Å². The van der Waals surface area contributed by atoms with E-state index in [0.717, 1.165) is 11.1 Å². The Morgan fingerprint density at radius 3 is 2.42 bits per heavy atom. The van der Waals surface area contributed by atoms with E-state index in [1.54, 1.807) is 18.2 Å². The van der Waals surface area contributed by atoms with Gasteiger partial charge in [0.1, 0.15) is 0 Å². The minimum Gasteiger partial charge on any atom is -0.452 e. The Balaban J connectivity index is 1.62. The number of fused-ring (bicyclic) bond motifs is 1. The number of amides is 1. The van der Waals surface area contributed by atoms with Crippen molar-refractivity contribution in [3.05, 3.63) is 93.5 Å². The molecule has 0 spiro atoms. The molecule has 0 unspecified atom stereocenters. The number of halogens is 2. The highest BCUT2D eigenvalue weighted by molar-refractivity contribution is 6.44. The number of esters is 1. The molecule has 0 aliphatic carbocycles. The number of hydrogen-bond donors (Lipinski definition) is 1. The molecular formula is C26H20Cl2N2O3. The number of benzene rings is 3. The van der Waals surface area contributed by atoms with Gasteiger partial charge in [0.05, 0.1) is 32.5 Å². The normalized spacial score (nSPS) is 10.8. The van der Waals surface area contributed by atoms with E-state index in [-0.39, 0.29) is 5.02 Å². The van der Waals surface area contributed by atoms with Crippen molar-refractivity contribution in [1.29, 1.82) is 0 Å². The minimum absolute atomic E-state index is 0.220. The first-order valence-electron chi connectivity index (χ1n) is 10.2. The Hall–Kier alpha value is -3.41. The molecule has 5 nitrogen and oxygen atoms in total. The van der Waals surface area contributed by atoms with Crippen LogP contribution < -0.4 is 5.32 Å². The average Bonchev–Trinajstić information content (AvgIpc) is 2.81. The smallest absolute Gasteiger partial charge is 0.339 e. The van der Waals surface area contributed by atoms with Crippen LogP contribution in [0.4, 0.5) is 5.69 Å². The molecule has 33 heavy (non-hydrogen) atoms. The average molecular weight is 479 g/mol. The lowest BCUT2D eigenvalue weighted by molar-refractivity contribution is -0.119. The molecule has 3 aromatic carbocycles. The minimum atomic E-state index is -0.605. The summed E-state index contributed by atoms with van der Waals surface area (Å²) in [6, 6.07) is 20.2. The fourth-order valence-electron chi connectivity index (χ4n) is 3.55. The summed E-state index contributed by atoms with van der Waals surface area (Å²) in [5, 5.41) is 3.80. The van der Waals surface area contributed by atoms with Crippen LogP contribution >= 0.6 is 23.2 Å². The topological polar surface area (TPSA) is 68.3 Å². The number of pyridine rings is 1. The van der Waals surface area contributed by atoms with Gasteiger partial charge in [-0.3, -0.25) is 4.79 Å². The molecular weight excluding hydrogens is 459 g/mol. The summed E-state index contributed by atoms with van der Waals surface area (Å²) in [4.78, 5) is 30.3. The number of para-hydroxylation sites is 1. The molecule has 166 valence electrons. The fraction of sp³-hybridized carbons (Fsp3) is 0.115. The van der Waals surface area contributed by atoms with Crippen molar-refractivity contribution in [1.82, 2.24) is 4.98 Å². The zero-order chi connectivity index (χ0) is 23.5. The highest BCUT2D eigenvalue weighted by Gasteiger charge is 2.21. The van der Waals surface area contributed by atoms with Crippen molar-refractivity contribution >= 4 is 51.7 Å². The Morgan fingerprint density at radius 2 is 1.67 bits per heavy atom. The van der Waals surface area contributed by atoms with E-state index in [1.165, 1.54) is 0 Å². The predicted molar refractivity (Wildman–Crippen MR) is 132 cm³/mol. The first kappa shape index (κ1) is 22.8. The molecule has 4 aromatic rings. The van der Waals surface area contributed by atoms with Crippen LogP contribution in [0.15, 0.2) is 66.7 Å². The first-order valence-corrected chi connectivity index (χ1v) is 11.0. The molecule has 1 N–H and O–H groups in total. The van der Waals surface area contributed by atoms with Crippen molar-refractivity contribution in [2.45, 2.75) is 13.8 Å². The highest BCUT2D eigenvalue weighted by Crippen LogP contribution is 2.31. The SMILES string of the molecule is Cc1ccc(-c2nc3ccccc3c(C(=O)OCC(=O)Nc3cccc(Cl)c3Cl)c2C)cc1. The fourth-order valence-corrected chi connectivity index (χ4v) is 3.90. The van der Waals surface area contributed by atoms with Crippen LogP contribution in [-0.4, -0.2) is 23.5 Å². The molecule has 0 aliphatic heterocycles. The molecule has 1 heterocycles. The lowest BCUT2D eigenvalue weighted by Crippen LogP contribution is -2.21. The molecule has 0 atom stereocenters. The molecule has 7 heteroatoms. The number of carbonyl (C=O) groups is 2. The molecule has 4 rings (SSSR count). The van der Waals surface area contributed by atoms with E-state index in [0.29, 0.717) is 38.4 Å². The maximum absolute atomic E-state index is 13.1. The third-order valence-corrected chi connectivity index (χ3v) is 6.04. The standard InChI is InChI=1S/C26H20Cl2N2O3/c1-15-10-12-17(13-11-15)25-16(2)23(18-6-3-4-8-20(18)30-25)26(32)33-14-22(31)29-21-9-5-7-19(27)24(21)28/h3-13H,14H2,1-2H3,(H,29,31). The number of aryl methyl sites for hydroxylation is 1. The van der Waals surface area contributed by atoms with Gasteiger partial charge < -0.3 is 10.1 Å². The highest BCUT2D eigenvalue weighted by atomic mass is 35.5. The number of aromatic nitrogens is 1. The van der Waals surface area contributed by atoms with Gasteiger partial charge >= 0.3 is 5.97 Å². The van der Waals surface area contributed by atoms with Gasteiger partial charge in [-0.15, -0.1) is 0 Å². The van der Waals surface area contributed by atoms with Crippen molar-refractivity contribution in [2.75, 3.05) is 11.9 Å². The van der Waals surface area contributed by atoms with Gasteiger partial charge in [-0.05, 0) is 37.6 Å². The Morgan fingerprint density at radius 1 is 0.939 bits per heavy atom.